The lowest BCUT2D eigenvalue weighted by Gasteiger charge is -2.32. The number of ether oxygens (including phenoxy) is 1. The van der Waals surface area contributed by atoms with Crippen LogP contribution in [0.2, 0.25) is 0 Å². The molecule has 4 aromatic rings. The summed E-state index contributed by atoms with van der Waals surface area (Å²) >= 11 is 0. The Morgan fingerprint density at radius 3 is 2.14 bits per heavy atom. The second-order valence-electron chi connectivity index (χ2n) is 10.3. The monoisotopic (exact) mass is 629 g/mol. The van der Waals surface area contributed by atoms with Crippen molar-refractivity contribution in [1.29, 1.82) is 0 Å². The van der Waals surface area contributed by atoms with Crippen molar-refractivity contribution in [1.82, 2.24) is 15.3 Å². The second kappa shape index (κ2) is 11.3. The van der Waals surface area contributed by atoms with Crippen molar-refractivity contribution < 1.29 is 54.9 Å². The van der Waals surface area contributed by atoms with Gasteiger partial charge in [-0.3, -0.25) is 9.78 Å². The highest BCUT2D eigenvalue weighted by atomic mass is 19.4. The molecule has 2 aromatic carbocycles. The van der Waals surface area contributed by atoms with E-state index in [4.69, 9.17) is 4.74 Å². The molecule has 44 heavy (non-hydrogen) atoms. The van der Waals surface area contributed by atoms with Crippen LogP contribution in [-0.4, -0.2) is 45.9 Å². The zero-order valence-corrected chi connectivity index (χ0v) is 23.0. The van der Waals surface area contributed by atoms with Gasteiger partial charge in [0.05, 0.1) is 30.5 Å². The molecular weight excluding hydrogens is 606 g/mol. The predicted molar refractivity (Wildman–Crippen MR) is 140 cm³/mol. The molecule has 0 aliphatic rings. The molecule has 234 valence electrons. The first kappa shape index (κ1) is 32.5. The van der Waals surface area contributed by atoms with Gasteiger partial charge in [0.15, 0.2) is 5.82 Å². The molecule has 3 N–H and O–H groups in total. The Balaban J connectivity index is 1.79. The number of carbonyl (C=O) groups is 1. The Bertz CT molecular complexity index is 1720. The number of methoxy groups -OCH3 is 1. The SMILES string of the molecule is COc1cc(C(=O)NCC(O)(c2cc(C(C)(C)O)c(F)c(-c3ccc(F)cc3)n2)C(F)(F)F)cc2cc(C(F)(F)F)cnc12. The van der Waals surface area contributed by atoms with Gasteiger partial charge < -0.3 is 20.3 Å². The Morgan fingerprint density at radius 1 is 0.955 bits per heavy atom. The van der Waals surface area contributed by atoms with Crippen molar-refractivity contribution in [3.63, 3.8) is 0 Å². The van der Waals surface area contributed by atoms with Gasteiger partial charge in [0.25, 0.3) is 5.91 Å². The van der Waals surface area contributed by atoms with E-state index in [0.717, 1.165) is 57.4 Å². The van der Waals surface area contributed by atoms with Crippen LogP contribution in [0.5, 0.6) is 5.75 Å². The minimum Gasteiger partial charge on any atom is -0.494 e. The van der Waals surface area contributed by atoms with Crippen LogP contribution in [0.3, 0.4) is 0 Å². The number of amides is 1. The van der Waals surface area contributed by atoms with Gasteiger partial charge in [0.1, 0.15) is 22.8 Å². The standard InChI is InChI=1S/C29H23F8N3O4/c1-26(2,42)19-11-21(40-24(22(19)31)14-4-6-18(30)7-5-14)27(43,29(35,36)37)13-39-25(41)16-8-15-9-17(28(32,33)34)12-38-23(15)20(10-16)44-3/h4-12,42-43H,13H2,1-3H3,(H,39,41). The third-order valence-electron chi connectivity index (χ3n) is 6.69. The van der Waals surface area contributed by atoms with E-state index in [1.165, 1.54) is 0 Å². The largest absolute Gasteiger partial charge is 0.494 e. The third kappa shape index (κ3) is 6.28. The van der Waals surface area contributed by atoms with Crippen LogP contribution in [-0.2, 0) is 17.4 Å². The highest BCUT2D eigenvalue weighted by Gasteiger charge is 2.57. The summed E-state index contributed by atoms with van der Waals surface area (Å²) in [6.45, 7) is 0.553. The Kier molecular flexibility index (Phi) is 8.34. The number of hydrogen-bond donors (Lipinski definition) is 3. The molecule has 1 amide bonds. The van der Waals surface area contributed by atoms with Crippen LogP contribution in [0.15, 0.2) is 54.7 Å². The number of fused-ring (bicyclic) bond motifs is 1. The number of rotatable bonds is 7. The molecule has 0 fully saturated rings. The van der Waals surface area contributed by atoms with Crippen molar-refractivity contribution in [2.45, 2.75) is 37.4 Å². The summed E-state index contributed by atoms with van der Waals surface area (Å²) in [7, 11) is 1.14. The van der Waals surface area contributed by atoms with Gasteiger partial charge in [-0.1, -0.05) is 0 Å². The van der Waals surface area contributed by atoms with E-state index < -0.39 is 75.7 Å². The summed E-state index contributed by atoms with van der Waals surface area (Å²) in [5.74, 6) is -3.39. The lowest BCUT2D eigenvalue weighted by molar-refractivity contribution is -0.265. The summed E-state index contributed by atoms with van der Waals surface area (Å²) in [4.78, 5) is 20.4. The molecule has 1 atom stereocenters. The zero-order valence-electron chi connectivity index (χ0n) is 23.0. The molecule has 4 rings (SSSR count). The molecule has 15 heteroatoms. The van der Waals surface area contributed by atoms with Crippen LogP contribution in [0.1, 0.15) is 41.0 Å². The van der Waals surface area contributed by atoms with Gasteiger partial charge in [-0.2, -0.15) is 26.3 Å². The first-order valence-corrected chi connectivity index (χ1v) is 12.6. The first-order chi connectivity index (χ1) is 20.3. The molecule has 0 bridgehead atoms. The maximum Gasteiger partial charge on any atom is 0.424 e. The smallest absolute Gasteiger partial charge is 0.424 e. The molecule has 0 aliphatic heterocycles. The lowest BCUT2D eigenvalue weighted by atomic mass is 9.90. The number of carbonyl (C=O) groups excluding carboxylic acids is 1. The summed E-state index contributed by atoms with van der Waals surface area (Å²) in [6.07, 6.45) is -9.78. The van der Waals surface area contributed by atoms with E-state index >= 15 is 4.39 Å². The van der Waals surface area contributed by atoms with Crippen LogP contribution in [0.25, 0.3) is 22.2 Å². The normalized spacial score (nSPS) is 13.9. The van der Waals surface area contributed by atoms with Crippen molar-refractivity contribution in [3.05, 3.63) is 88.7 Å². The quantitative estimate of drug-likeness (QED) is 0.217. The van der Waals surface area contributed by atoms with E-state index in [1.54, 1.807) is 0 Å². The summed E-state index contributed by atoms with van der Waals surface area (Å²) < 4.78 is 117. The van der Waals surface area contributed by atoms with Crippen LogP contribution >= 0.6 is 0 Å². The van der Waals surface area contributed by atoms with Crippen LogP contribution < -0.4 is 10.1 Å². The van der Waals surface area contributed by atoms with Crippen molar-refractivity contribution in [2.75, 3.05) is 13.7 Å². The average Bonchev–Trinajstić information content (AvgIpc) is 2.93. The Morgan fingerprint density at radius 2 is 1.59 bits per heavy atom. The number of aromatic nitrogens is 2. The fourth-order valence-electron chi connectivity index (χ4n) is 4.29. The molecule has 2 aromatic heterocycles. The molecule has 0 aliphatic carbocycles. The average molecular weight is 630 g/mol. The number of benzene rings is 2. The van der Waals surface area contributed by atoms with Crippen molar-refractivity contribution in [3.8, 4) is 17.0 Å². The number of alkyl halides is 6. The number of aliphatic hydroxyl groups is 2. The van der Waals surface area contributed by atoms with E-state index in [0.29, 0.717) is 18.3 Å². The summed E-state index contributed by atoms with van der Waals surface area (Å²) in [6, 6.07) is 6.98. The fraction of sp³-hybridized carbons (Fsp3) is 0.276. The topological polar surface area (TPSA) is 105 Å². The predicted octanol–water partition coefficient (Wildman–Crippen LogP) is 6.01. The maximum atomic E-state index is 15.4. The van der Waals surface area contributed by atoms with Crippen LogP contribution in [0, 0.1) is 11.6 Å². The number of pyridine rings is 2. The van der Waals surface area contributed by atoms with Gasteiger partial charge in [-0.05, 0) is 62.4 Å². The number of nitrogens with one attached hydrogen (secondary N) is 1. The highest BCUT2D eigenvalue weighted by molar-refractivity contribution is 6.00. The number of halogens is 8. The van der Waals surface area contributed by atoms with Gasteiger partial charge in [0, 0.05) is 28.3 Å². The molecule has 0 saturated carbocycles. The van der Waals surface area contributed by atoms with Crippen molar-refractivity contribution >= 4 is 16.8 Å². The maximum absolute atomic E-state index is 15.4. The zero-order chi connectivity index (χ0) is 32.8. The molecule has 0 spiro atoms. The Labute approximate surface area is 244 Å². The Hall–Kier alpha value is -4.37. The van der Waals surface area contributed by atoms with Crippen LogP contribution in [0.4, 0.5) is 35.1 Å². The van der Waals surface area contributed by atoms with Gasteiger partial charge in [-0.25, -0.2) is 13.8 Å². The van der Waals surface area contributed by atoms with Gasteiger partial charge >= 0.3 is 12.4 Å². The minimum atomic E-state index is -5.55. The summed E-state index contributed by atoms with van der Waals surface area (Å²) in [5.41, 5.74) is -10.5. The fourth-order valence-corrected chi connectivity index (χ4v) is 4.29. The van der Waals surface area contributed by atoms with E-state index in [1.807, 2.05) is 5.32 Å². The van der Waals surface area contributed by atoms with E-state index in [2.05, 4.69) is 9.97 Å². The number of nitrogens with zero attached hydrogens (tertiary/aromatic N) is 2. The third-order valence-corrected chi connectivity index (χ3v) is 6.69. The number of hydrogen-bond acceptors (Lipinski definition) is 6. The lowest BCUT2D eigenvalue weighted by Crippen LogP contribution is -2.51. The summed E-state index contributed by atoms with van der Waals surface area (Å²) in [5, 5.41) is 23.2. The molecular formula is C29H23F8N3O4. The van der Waals surface area contributed by atoms with Gasteiger partial charge in [-0.15, -0.1) is 0 Å². The molecule has 0 saturated heterocycles. The van der Waals surface area contributed by atoms with E-state index in [-0.39, 0.29) is 22.2 Å². The highest BCUT2D eigenvalue weighted by Crippen LogP contribution is 2.41. The van der Waals surface area contributed by atoms with E-state index in [9.17, 15) is 45.7 Å². The minimum absolute atomic E-state index is 0.0631. The molecule has 0 radical (unpaired) electrons. The van der Waals surface area contributed by atoms with Gasteiger partial charge in [0.2, 0.25) is 5.60 Å². The molecule has 2 heterocycles. The van der Waals surface area contributed by atoms with Crippen molar-refractivity contribution in [2.24, 2.45) is 0 Å². The molecule has 1 unspecified atom stereocenters. The second-order valence-corrected chi connectivity index (χ2v) is 10.3. The molecule has 7 nitrogen and oxygen atoms in total. The first-order valence-electron chi connectivity index (χ1n) is 12.6.